The number of ketones is 2. The van der Waals surface area contributed by atoms with Gasteiger partial charge < -0.3 is 0 Å². The van der Waals surface area contributed by atoms with Crippen LogP contribution in [0.1, 0.15) is 20.3 Å². The first-order chi connectivity index (χ1) is 5.52. The van der Waals surface area contributed by atoms with Crippen LogP contribution in [0.5, 0.6) is 0 Å². The van der Waals surface area contributed by atoms with Gasteiger partial charge in [-0.15, -0.1) is 0 Å². The molecule has 0 radical (unpaired) electrons. The summed E-state index contributed by atoms with van der Waals surface area (Å²) in [5, 5.41) is 0. The minimum atomic E-state index is -0.155. The molecule has 1 aliphatic rings. The maximum atomic E-state index is 11.5. The average molecular weight is 169 g/mol. The van der Waals surface area contributed by atoms with Crippen molar-refractivity contribution in [3.63, 3.8) is 0 Å². The van der Waals surface area contributed by atoms with Crippen molar-refractivity contribution in [3.05, 3.63) is 0 Å². The third-order valence-electron chi connectivity index (χ3n) is 2.28. The van der Waals surface area contributed by atoms with Crippen LogP contribution < -0.4 is 0 Å². The van der Waals surface area contributed by atoms with E-state index >= 15 is 0 Å². The largest absolute Gasteiger partial charge is 0.298 e. The summed E-state index contributed by atoms with van der Waals surface area (Å²) < 4.78 is 0. The number of rotatable bonds is 2. The molecule has 0 spiro atoms. The summed E-state index contributed by atoms with van der Waals surface area (Å²) in [6, 6.07) is -0.155. The maximum absolute atomic E-state index is 11.5. The van der Waals surface area contributed by atoms with Crippen molar-refractivity contribution in [2.45, 2.75) is 26.3 Å². The van der Waals surface area contributed by atoms with Gasteiger partial charge in [0.05, 0.1) is 12.6 Å². The lowest BCUT2D eigenvalue weighted by Crippen LogP contribution is -2.35. The van der Waals surface area contributed by atoms with Gasteiger partial charge in [0.15, 0.2) is 5.78 Å². The zero-order valence-corrected chi connectivity index (χ0v) is 7.83. The molecule has 0 aromatic heterocycles. The molecule has 1 aliphatic heterocycles. The molecule has 68 valence electrons. The van der Waals surface area contributed by atoms with Crippen molar-refractivity contribution in [1.29, 1.82) is 0 Å². The molecule has 12 heavy (non-hydrogen) atoms. The summed E-state index contributed by atoms with van der Waals surface area (Å²) in [6.45, 7) is 4.18. The Kier molecular flexibility index (Phi) is 2.62. The van der Waals surface area contributed by atoms with E-state index in [1.54, 1.807) is 0 Å². The Hall–Kier alpha value is -0.700. The summed E-state index contributed by atoms with van der Waals surface area (Å²) in [6.07, 6.45) is 0.410. The topological polar surface area (TPSA) is 37.4 Å². The van der Waals surface area contributed by atoms with Crippen LogP contribution in [-0.4, -0.2) is 36.1 Å². The molecule has 1 saturated heterocycles. The number of carbonyl (C=O) groups is 2. The molecule has 1 atom stereocenters. The lowest BCUT2D eigenvalue weighted by atomic mass is 10.00. The summed E-state index contributed by atoms with van der Waals surface area (Å²) in [5.41, 5.74) is 0. The number of Topliss-reactive ketones (excluding diaryl/α,β-unsaturated/α-hetero) is 2. The lowest BCUT2D eigenvalue weighted by molar-refractivity contribution is -0.126. The van der Waals surface area contributed by atoms with Gasteiger partial charge in [0.1, 0.15) is 5.78 Å². The van der Waals surface area contributed by atoms with Gasteiger partial charge in [0.2, 0.25) is 0 Å². The molecule has 0 aromatic carbocycles. The van der Waals surface area contributed by atoms with E-state index in [1.807, 2.05) is 25.8 Å². The highest BCUT2D eigenvalue weighted by molar-refractivity contribution is 5.95. The van der Waals surface area contributed by atoms with Crippen LogP contribution >= 0.6 is 0 Å². The zero-order chi connectivity index (χ0) is 9.30. The van der Waals surface area contributed by atoms with Gasteiger partial charge in [-0.2, -0.15) is 0 Å². The van der Waals surface area contributed by atoms with E-state index in [0.717, 1.165) is 0 Å². The molecule has 0 N–H and O–H groups in total. The van der Waals surface area contributed by atoms with E-state index < -0.39 is 0 Å². The van der Waals surface area contributed by atoms with Gasteiger partial charge in [0.25, 0.3) is 0 Å². The van der Waals surface area contributed by atoms with E-state index in [9.17, 15) is 9.59 Å². The van der Waals surface area contributed by atoms with Crippen molar-refractivity contribution >= 4 is 11.6 Å². The summed E-state index contributed by atoms with van der Waals surface area (Å²) in [7, 11) is 1.83. The Balaban J connectivity index is 2.64. The third-order valence-corrected chi connectivity index (χ3v) is 2.28. The molecule has 0 bridgehead atoms. The van der Waals surface area contributed by atoms with E-state index in [0.29, 0.717) is 13.0 Å². The predicted molar refractivity (Wildman–Crippen MR) is 45.9 cm³/mol. The molecule has 0 unspecified atom stereocenters. The van der Waals surface area contributed by atoms with Crippen LogP contribution in [0.25, 0.3) is 0 Å². The van der Waals surface area contributed by atoms with Crippen LogP contribution in [0, 0.1) is 5.92 Å². The average Bonchev–Trinajstić information content (AvgIpc) is 2.28. The minimum absolute atomic E-state index is 0.0309. The van der Waals surface area contributed by atoms with Gasteiger partial charge in [0, 0.05) is 12.3 Å². The second kappa shape index (κ2) is 3.35. The molecule has 0 amide bonds. The van der Waals surface area contributed by atoms with Gasteiger partial charge >= 0.3 is 0 Å². The third kappa shape index (κ3) is 1.72. The number of carbonyl (C=O) groups excluding carboxylic acids is 2. The Morgan fingerprint density at radius 3 is 2.50 bits per heavy atom. The molecule has 3 nitrogen and oxygen atoms in total. The first-order valence-electron chi connectivity index (χ1n) is 4.28. The number of nitrogens with zero attached hydrogens (tertiary/aromatic N) is 1. The Morgan fingerprint density at radius 1 is 1.58 bits per heavy atom. The molecule has 1 fully saturated rings. The molecule has 0 saturated carbocycles. The van der Waals surface area contributed by atoms with Crippen LogP contribution in [0.3, 0.4) is 0 Å². The highest BCUT2D eigenvalue weighted by atomic mass is 16.1. The maximum Gasteiger partial charge on any atom is 0.152 e. The van der Waals surface area contributed by atoms with E-state index in [1.165, 1.54) is 0 Å². The number of likely N-dealkylation sites (N-methyl/N-ethyl adjacent to an activating group) is 1. The molecule has 1 heterocycles. The number of likely N-dealkylation sites (tertiary alicyclic amines) is 1. The van der Waals surface area contributed by atoms with Crippen molar-refractivity contribution in [2.75, 3.05) is 13.6 Å². The molecule has 0 aliphatic carbocycles. The first-order valence-corrected chi connectivity index (χ1v) is 4.28. The summed E-state index contributed by atoms with van der Waals surface area (Å²) >= 11 is 0. The van der Waals surface area contributed by atoms with E-state index in [2.05, 4.69) is 0 Å². The minimum Gasteiger partial charge on any atom is -0.298 e. The molecular formula is C9H15NO2. The predicted octanol–water partition coefficient (Wildman–Crippen LogP) is 0.485. The van der Waals surface area contributed by atoms with Crippen molar-refractivity contribution in [2.24, 2.45) is 5.92 Å². The fraction of sp³-hybridized carbons (Fsp3) is 0.778. The fourth-order valence-corrected chi connectivity index (χ4v) is 1.53. The fourth-order valence-electron chi connectivity index (χ4n) is 1.53. The first kappa shape index (κ1) is 9.39. The van der Waals surface area contributed by atoms with Crippen LogP contribution in [0.15, 0.2) is 0 Å². The highest BCUT2D eigenvalue weighted by Gasteiger charge is 2.33. The Bertz CT molecular complexity index is 211. The quantitative estimate of drug-likeness (QED) is 0.603. The smallest absolute Gasteiger partial charge is 0.152 e. The number of hydrogen-bond donors (Lipinski definition) is 0. The molecule has 3 heteroatoms. The summed E-state index contributed by atoms with van der Waals surface area (Å²) in [5.74, 6) is 0.392. The monoisotopic (exact) mass is 169 g/mol. The van der Waals surface area contributed by atoms with E-state index in [4.69, 9.17) is 0 Å². The standard InChI is InChI=1S/C9H15NO2/c1-6(2)9(12)8-4-7(11)5-10(8)3/h6,8H,4-5H2,1-3H3/t8-/m0/s1. The second-order valence-electron chi connectivity index (χ2n) is 3.73. The van der Waals surface area contributed by atoms with Crippen LogP contribution in [-0.2, 0) is 9.59 Å². The van der Waals surface area contributed by atoms with Gasteiger partial charge in [-0.05, 0) is 7.05 Å². The SMILES string of the molecule is CC(C)C(=O)[C@@H]1CC(=O)CN1C. The van der Waals surface area contributed by atoms with Crippen molar-refractivity contribution < 1.29 is 9.59 Å². The normalized spacial score (nSPS) is 25.3. The van der Waals surface area contributed by atoms with Crippen LogP contribution in [0.2, 0.25) is 0 Å². The Morgan fingerprint density at radius 2 is 2.17 bits per heavy atom. The molecular weight excluding hydrogens is 154 g/mol. The van der Waals surface area contributed by atoms with Gasteiger partial charge in [-0.3, -0.25) is 14.5 Å². The highest BCUT2D eigenvalue weighted by Crippen LogP contribution is 2.16. The number of hydrogen-bond acceptors (Lipinski definition) is 3. The second-order valence-corrected chi connectivity index (χ2v) is 3.73. The molecule has 0 aromatic rings. The summed E-state index contributed by atoms with van der Waals surface area (Å²) in [4.78, 5) is 24.3. The van der Waals surface area contributed by atoms with Crippen molar-refractivity contribution in [3.8, 4) is 0 Å². The van der Waals surface area contributed by atoms with Gasteiger partial charge in [-0.1, -0.05) is 13.8 Å². The van der Waals surface area contributed by atoms with Gasteiger partial charge in [-0.25, -0.2) is 0 Å². The van der Waals surface area contributed by atoms with Crippen LogP contribution in [0.4, 0.5) is 0 Å². The Labute approximate surface area is 72.7 Å². The lowest BCUT2D eigenvalue weighted by Gasteiger charge is -2.18. The van der Waals surface area contributed by atoms with E-state index in [-0.39, 0.29) is 23.5 Å². The van der Waals surface area contributed by atoms with Crippen molar-refractivity contribution in [1.82, 2.24) is 4.90 Å². The zero-order valence-electron chi connectivity index (χ0n) is 7.83. The molecule has 1 rings (SSSR count).